The van der Waals surface area contributed by atoms with Gasteiger partial charge in [0.1, 0.15) is 22.8 Å². The van der Waals surface area contributed by atoms with Crippen LogP contribution in [-0.4, -0.2) is 86.6 Å². The van der Waals surface area contributed by atoms with Crippen molar-refractivity contribution in [1.29, 1.82) is 0 Å². The molecular weight excluding hydrogens is 830 g/mol. The molecule has 0 radical (unpaired) electrons. The molecule has 2 aliphatic heterocycles. The molecule has 16 heteroatoms. The summed E-state index contributed by atoms with van der Waals surface area (Å²) in [6.45, 7) is 10.4. The number of benzene rings is 3. The van der Waals surface area contributed by atoms with E-state index < -0.39 is 31.4 Å². The Balaban J connectivity index is 0.00000578. The van der Waals surface area contributed by atoms with E-state index in [0.717, 1.165) is 87.0 Å². The fourth-order valence-corrected chi connectivity index (χ4v) is 9.51. The number of piperazine rings is 1. The third-order valence-electron chi connectivity index (χ3n) is 12.0. The molecule has 1 amide bonds. The first kappa shape index (κ1) is 44.6. The van der Waals surface area contributed by atoms with Crippen LogP contribution in [0.3, 0.4) is 0 Å². The van der Waals surface area contributed by atoms with Gasteiger partial charge in [-0.1, -0.05) is 50.6 Å². The summed E-state index contributed by atoms with van der Waals surface area (Å²) >= 11 is 6.24. The number of anilines is 2. The van der Waals surface area contributed by atoms with Crippen LogP contribution in [0.4, 0.5) is 17.1 Å². The van der Waals surface area contributed by atoms with Crippen molar-refractivity contribution >= 4 is 61.2 Å². The fraction of sp³-hybridized carbons (Fsp3) is 0.391. The van der Waals surface area contributed by atoms with Gasteiger partial charge in [-0.25, -0.2) is 18.1 Å². The zero-order valence-electron chi connectivity index (χ0n) is 34.3. The number of halogens is 1. The predicted octanol–water partition coefficient (Wildman–Crippen LogP) is 9.30. The highest BCUT2D eigenvalue weighted by Crippen LogP contribution is 2.43. The molecule has 8 rings (SSSR count). The van der Waals surface area contributed by atoms with Gasteiger partial charge >= 0.3 is 0 Å². The van der Waals surface area contributed by atoms with Crippen LogP contribution in [0.15, 0.2) is 95.7 Å². The van der Waals surface area contributed by atoms with E-state index in [4.69, 9.17) is 21.1 Å². The van der Waals surface area contributed by atoms with Gasteiger partial charge < -0.3 is 24.7 Å². The maximum atomic E-state index is 13.9. The van der Waals surface area contributed by atoms with Crippen LogP contribution >= 0.6 is 11.6 Å². The average Bonchev–Trinajstić information content (AvgIpc) is 3.72. The van der Waals surface area contributed by atoms with Crippen molar-refractivity contribution < 1.29 is 27.6 Å². The molecule has 3 aliphatic rings. The Morgan fingerprint density at radius 2 is 1.79 bits per heavy atom. The normalized spacial score (nSPS) is 17.4. The van der Waals surface area contributed by atoms with Crippen molar-refractivity contribution in [1.82, 2.24) is 19.6 Å². The molecule has 0 saturated carbocycles. The van der Waals surface area contributed by atoms with Crippen molar-refractivity contribution in [2.24, 2.45) is 11.3 Å². The largest absolute Gasteiger partial charge is 0.455 e. The average molecular weight is 884 g/mol. The van der Waals surface area contributed by atoms with Crippen molar-refractivity contribution in [2.75, 3.05) is 62.7 Å². The lowest BCUT2D eigenvalue weighted by Crippen LogP contribution is -2.47. The molecule has 2 saturated heterocycles. The molecule has 3 N–H and O–H groups in total. The summed E-state index contributed by atoms with van der Waals surface area (Å²) in [6, 6.07) is 20.4. The van der Waals surface area contributed by atoms with Crippen LogP contribution in [0.5, 0.6) is 11.5 Å². The van der Waals surface area contributed by atoms with Gasteiger partial charge in [0, 0.05) is 86.9 Å². The first-order valence-corrected chi connectivity index (χ1v) is 22.5. The molecule has 0 atom stereocenters. The highest BCUT2D eigenvalue weighted by atomic mass is 35.5. The Hall–Kier alpha value is -5.48. The second kappa shape index (κ2) is 18.9. The van der Waals surface area contributed by atoms with Crippen molar-refractivity contribution in [3.8, 4) is 11.5 Å². The summed E-state index contributed by atoms with van der Waals surface area (Å²) in [5.41, 5.74) is 5.55. The molecule has 62 heavy (non-hydrogen) atoms. The molecule has 2 aromatic heterocycles. The number of aromatic amines is 1. The number of sulfonamides is 1. The Morgan fingerprint density at radius 3 is 2.53 bits per heavy atom. The van der Waals surface area contributed by atoms with Gasteiger partial charge in [-0.3, -0.25) is 19.8 Å². The maximum Gasteiger partial charge on any atom is 0.293 e. The third kappa shape index (κ3) is 10.4. The number of H-pyrrole nitrogens is 1. The van der Waals surface area contributed by atoms with E-state index in [2.05, 4.69) is 55.8 Å². The van der Waals surface area contributed by atoms with E-state index in [0.29, 0.717) is 31.2 Å². The van der Waals surface area contributed by atoms with Crippen LogP contribution < -0.4 is 19.7 Å². The third-order valence-corrected chi connectivity index (χ3v) is 13.5. The number of carbonyl (C=O) groups is 1. The van der Waals surface area contributed by atoms with Crippen molar-refractivity contribution in [3.63, 3.8) is 0 Å². The number of hydrogen-bond acceptors (Lipinski definition) is 11. The second-order valence-electron chi connectivity index (χ2n) is 16.9. The summed E-state index contributed by atoms with van der Waals surface area (Å²) in [7, 11) is -4.55. The van der Waals surface area contributed by atoms with E-state index in [1.54, 1.807) is 30.5 Å². The number of nitrogens with one attached hydrogen (secondary N) is 3. The lowest BCUT2D eigenvalue weighted by molar-refractivity contribution is -0.384. The van der Waals surface area contributed by atoms with Crippen molar-refractivity contribution in [3.05, 3.63) is 117 Å². The number of nitro benzene ring substituents is 1. The van der Waals surface area contributed by atoms with E-state index in [-0.39, 0.29) is 35.8 Å². The lowest BCUT2D eigenvalue weighted by atomic mass is 9.72. The summed E-state index contributed by atoms with van der Waals surface area (Å²) in [5, 5.41) is 16.7. The predicted molar refractivity (Wildman–Crippen MR) is 244 cm³/mol. The Morgan fingerprint density at radius 1 is 1.03 bits per heavy atom. The number of hydrogen-bond donors (Lipinski definition) is 3. The number of pyridine rings is 1. The van der Waals surface area contributed by atoms with Gasteiger partial charge in [0.25, 0.3) is 21.6 Å². The number of amides is 1. The van der Waals surface area contributed by atoms with Crippen molar-refractivity contribution in [2.45, 2.75) is 58.3 Å². The second-order valence-corrected chi connectivity index (χ2v) is 19.0. The van der Waals surface area contributed by atoms with Gasteiger partial charge in [-0.05, 0) is 103 Å². The topological polar surface area (TPSA) is 172 Å². The van der Waals surface area contributed by atoms with Gasteiger partial charge in [-0.15, -0.1) is 0 Å². The Bertz CT molecular complexity index is 2560. The van der Waals surface area contributed by atoms with Gasteiger partial charge in [0.2, 0.25) is 0 Å². The minimum absolute atomic E-state index is 0. The fourth-order valence-electron chi connectivity index (χ4n) is 8.40. The number of nitro groups is 1. The van der Waals surface area contributed by atoms with Crippen LogP contribution in [0, 0.1) is 21.4 Å². The number of fused-ring (bicyclic) bond motifs is 1. The van der Waals surface area contributed by atoms with Crippen LogP contribution in [0.25, 0.3) is 16.6 Å². The zero-order valence-corrected chi connectivity index (χ0v) is 35.9. The molecule has 0 spiro atoms. The van der Waals surface area contributed by atoms with E-state index in [1.807, 2.05) is 18.2 Å². The number of nitrogens with zero attached hydrogens (tertiary/aromatic N) is 4. The first-order valence-electron chi connectivity index (χ1n) is 20.7. The first-order chi connectivity index (χ1) is 29.3. The molecule has 2 fully saturated rings. The van der Waals surface area contributed by atoms with Crippen LogP contribution in [0.2, 0.25) is 5.02 Å². The standard InChI is InChI=1S/C45H50ClN7O7S.CH4/c1-45(2)15-11-33(39(26-45)31-3-5-34(46)6-4-31)29-51-17-19-52(20-18-51)35-7-9-38(42(24-35)60-36-23-32-12-16-47-43(32)49-28-36)44(54)50-61(57,58)37-8-10-40(41(25-37)53(55)56)48-27-30-13-21-59-22-14-30;/h3-10,12,16,23-25,28,30,48H,11,13-15,17-22,26-27,29H2,1-2H3,(H,47,49)(H,50,54);1H4. The zero-order chi connectivity index (χ0) is 42.7. The minimum atomic E-state index is -4.55. The van der Waals surface area contributed by atoms with Gasteiger partial charge in [0.05, 0.1) is 21.6 Å². The van der Waals surface area contributed by atoms with Gasteiger partial charge in [-0.2, -0.15) is 0 Å². The number of rotatable bonds is 13. The molecular formula is C46H54ClN7O7S. The summed E-state index contributed by atoms with van der Waals surface area (Å²) in [5.74, 6) is -0.195. The molecule has 4 heterocycles. The maximum absolute atomic E-state index is 13.9. The molecule has 5 aromatic rings. The van der Waals surface area contributed by atoms with E-state index in [9.17, 15) is 23.3 Å². The highest BCUT2D eigenvalue weighted by molar-refractivity contribution is 7.90. The summed E-state index contributed by atoms with van der Waals surface area (Å²) in [4.78, 5) is 37.1. The smallest absolute Gasteiger partial charge is 0.293 e. The van der Waals surface area contributed by atoms with Gasteiger partial charge in [0.15, 0.2) is 0 Å². The molecule has 14 nitrogen and oxygen atoms in total. The Kier molecular flexibility index (Phi) is 13.6. The number of aromatic nitrogens is 2. The monoisotopic (exact) mass is 883 g/mol. The van der Waals surface area contributed by atoms with Crippen LogP contribution in [-0.2, 0) is 14.8 Å². The molecule has 0 bridgehead atoms. The Labute approximate surface area is 367 Å². The SMILES string of the molecule is C.CC1(C)CCC(CN2CCN(c3ccc(C(=O)NS(=O)(=O)c4ccc(NCC5CCOCC5)c([N+](=O)[O-])c4)c(Oc4cnc5[nH]ccc5c4)c3)CC2)=C(c2ccc(Cl)cc2)C1. The number of carbonyl (C=O) groups excluding carboxylic acids is 1. The lowest BCUT2D eigenvalue weighted by Gasteiger charge is -2.39. The highest BCUT2D eigenvalue weighted by Gasteiger charge is 2.31. The molecule has 1 aliphatic carbocycles. The van der Waals surface area contributed by atoms with E-state index >= 15 is 0 Å². The minimum Gasteiger partial charge on any atom is -0.455 e. The summed E-state index contributed by atoms with van der Waals surface area (Å²) < 4.78 is 41.2. The number of allylic oxidation sites excluding steroid dienone is 1. The number of ether oxygens (including phenoxy) is 2. The van der Waals surface area contributed by atoms with E-state index in [1.165, 1.54) is 35.0 Å². The molecule has 0 unspecified atom stereocenters. The molecule has 3 aromatic carbocycles. The summed E-state index contributed by atoms with van der Waals surface area (Å²) in [6.07, 6.45) is 8.13. The molecule has 328 valence electrons. The van der Waals surface area contributed by atoms with Crippen LogP contribution in [0.1, 0.15) is 69.3 Å². The quantitative estimate of drug-likeness (QED) is 0.0760.